The number of anilines is 2. The highest BCUT2D eigenvalue weighted by Gasteiger charge is 2.41. The number of H-pyrrole nitrogens is 1. The number of nitrogens with two attached hydrogens (primary N) is 1. The van der Waals surface area contributed by atoms with Crippen molar-refractivity contribution in [3.8, 4) is 22.6 Å². The number of aromatic nitrogens is 4. The molecule has 6 rings (SSSR count). The number of nitrogens with zero attached hydrogens (tertiary/aromatic N) is 3. The number of ether oxygens (including phenoxy) is 2. The molecule has 5 aromatic rings. The lowest BCUT2D eigenvalue weighted by atomic mass is 9.92. The van der Waals surface area contributed by atoms with Crippen LogP contribution in [0.1, 0.15) is 29.4 Å². The first-order chi connectivity index (χ1) is 21.2. The van der Waals surface area contributed by atoms with Crippen molar-refractivity contribution in [1.29, 1.82) is 0 Å². The molecule has 224 valence electrons. The Morgan fingerprint density at radius 2 is 1.59 bits per heavy atom. The Balaban J connectivity index is 0.000000367. The maximum absolute atomic E-state index is 13.6. The van der Waals surface area contributed by atoms with Crippen LogP contribution in [0, 0.1) is 11.2 Å². The van der Waals surface area contributed by atoms with Crippen LogP contribution in [0.15, 0.2) is 97.2 Å². The molecule has 3 aromatic carbocycles. The number of halogens is 1. The number of aliphatic carboxylic acids is 1. The normalized spacial score (nSPS) is 17.6. The van der Waals surface area contributed by atoms with Gasteiger partial charge < -0.3 is 30.6 Å². The van der Waals surface area contributed by atoms with Gasteiger partial charge in [0.2, 0.25) is 18.1 Å². The number of rotatable bonds is 7. The van der Waals surface area contributed by atoms with Crippen molar-refractivity contribution in [2.45, 2.75) is 13.2 Å². The summed E-state index contributed by atoms with van der Waals surface area (Å²) in [5.74, 6) is -1.01. The molecule has 1 fully saturated rings. The Kier molecular flexibility index (Phi) is 9.03. The summed E-state index contributed by atoms with van der Waals surface area (Å²) < 4.78 is 25.0. The molecule has 5 N–H and O–H groups in total. The summed E-state index contributed by atoms with van der Waals surface area (Å²) >= 11 is 0. The van der Waals surface area contributed by atoms with E-state index in [0.29, 0.717) is 40.0 Å². The minimum absolute atomic E-state index is 0.0342. The third-order valence-corrected chi connectivity index (χ3v) is 6.69. The lowest BCUT2D eigenvalue weighted by molar-refractivity contribution is -0.236. The SMILES string of the molecule is CC1(C(=O)O)COC(c2nc(-c3ccc(F)cc3)c(-c3ccnc(Nc4ccccc4)n3)[nH]2)OC1.NC(=O)c1ccccc1. The fourth-order valence-corrected chi connectivity index (χ4v) is 4.21. The number of aromatic amines is 1. The highest BCUT2D eigenvalue weighted by Crippen LogP contribution is 2.35. The molecule has 44 heavy (non-hydrogen) atoms. The molecule has 3 heterocycles. The van der Waals surface area contributed by atoms with Crippen LogP contribution in [0.3, 0.4) is 0 Å². The molecule has 1 aliphatic heterocycles. The van der Waals surface area contributed by atoms with Crippen molar-refractivity contribution >= 4 is 23.5 Å². The van der Waals surface area contributed by atoms with E-state index in [9.17, 15) is 19.1 Å². The van der Waals surface area contributed by atoms with E-state index in [1.54, 1.807) is 55.6 Å². The Labute approximate surface area is 251 Å². The largest absolute Gasteiger partial charge is 0.481 e. The molecule has 1 aliphatic rings. The molecular weight excluding hydrogens is 567 g/mol. The molecule has 2 aromatic heterocycles. The van der Waals surface area contributed by atoms with Gasteiger partial charge in [-0.25, -0.2) is 19.3 Å². The van der Waals surface area contributed by atoms with Crippen LogP contribution in [0.4, 0.5) is 16.0 Å². The van der Waals surface area contributed by atoms with Crippen LogP contribution < -0.4 is 11.1 Å². The van der Waals surface area contributed by atoms with Gasteiger partial charge in [-0.15, -0.1) is 0 Å². The zero-order valence-corrected chi connectivity index (χ0v) is 23.6. The van der Waals surface area contributed by atoms with Gasteiger partial charge in [0.05, 0.1) is 30.3 Å². The van der Waals surface area contributed by atoms with Crippen LogP contribution in [0.25, 0.3) is 22.6 Å². The Hall–Kier alpha value is -5.46. The second-order valence-electron chi connectivity index (χ2n) is 10.2. The Morgan fingerprint density at radius 3 is 2.18 bits per heavy atom. The quantitative estimate of drug-likeness (QED) is 0.194. The van der Waals surface area contributed by atoms with E-state index in [4.69, 9.17) is 15.2 Å². The van der Waals surface area contributed by atoms with Crippen molar-refractivity contribution in [3.63, 3.8) is 0 Å². The summed E-state index contributed by atoms with van der Waals surface area (Å²) in [6.45, 7) is 1.49. The van der Waals surface area contributed by atoms with Crippen LogP contribution in [0.2, 0.25) is 0 Å². The predicted molar refractivity (Wildman–Crippen MR) is 160 cm³/mol. The molecule has 12 heteroatoms. The monoisotopic (exact) mass is 596 g/mol. The fourth-order valence-electron chi connectivity index (χ4n) is 4.21. The van der Waals surface area contributed by atoms with Gasteiger partial charge >= 0.3 is 5.97 Å². The molecule has 0 spiro atoms. The van der Waals surface area contributed by atoms with Crippen molar-refractivity contribution in [2.75, 3.05) is 18.5 Å². The van der Waals surface area contributed by atoms with E-state index in [2.05, 4.69) is 25.3 Å². The number of amides is 1. The topological polar surface area (TPSA) is 165 Å². The molecule has 0 radical (unpaired) electrons. The average Bonchev–Trinajstić information content (AvgIpc) is 3.49. The number of hydrogen-bond acceptors (Lipinski definition) is 8. The molecular formula is C32H29FN6O5. The van der Waals surface area contributed by atoms with Gasteiger partial charge in [-0.05, 0) is 61.5 Å². The minimum atomic E-state index is -1.14. The minimum Gasteiger partial charge on any atom is -0.481 e. The van der Waals surface area contributed by atoms with Crippen molar-refractivity contribution in [2.24, 2.45) is 11.1 Å². The van der Waals surface area contributed by atoms with Gasteiger partial charge in [-0.3, -0.25) is 9.59 Å². The third kappa shape index (κ3) is 7.12. The third-order valence-electron chi connectivity index (χ3n) is 6.69. The van der Waals surface area contributed by atoms with Crippen molar-refractivity contribution in [1.82, 2.24) is 19.9 Å². The van der Waals surface area contributed by atoms with Gasteiger partial charge in [-0.2, -0.15) is 0 Å². The number of carboxylic acid groups (broad SMARTS) is 1. The number of benzene rings is 3. The number of imidazole rings is 1. The summed E-state index contributed by atoms with van der Waals surface area (Å²) in [5, 5.41) is 12.6. The Morgan fingerprint density at radius 1 is 0.955 bits per heavy atom. The number of carbonyl (C=O) groups excluding carboxylic acids is 1. The van der Waals surface area contributed by atoms with Crippen LogP contribution >= 0.6 is 0 Å². The highest BCUT2D eigenvalue weighted by molar-refractivity contribution is 5.92. The van der Waals surface area contributed by atoms with Crippen LogP contribution in [0.5, 0.6) is 0 Å². The molecule has 0 bridgehead atoms. The average molecular weight is 597 g/mol. The first kappa shape index (κ1) is 30.0. The van der Waals surface area contributed by atoms with Gasteiger partial charge in [-0.1, -0.05) is 36.4 Å². The number of carbonyl (C=O) groups is 2. The maximum atomic E-state index is 13.6. The smallest absolute Gasteiger partial charge is 0.314 e. The fraction of sp³-hybridized carbons (Fsp3) is 0.156. The lowest BCUT2D eigenvalue weighted by Gasteiger charge is -2.33. The molecule has 0 unspecified atom stereocenters. The number of hydrogen-bond donors (Lipinski definition) is 4. The van der Waals surface area contributed by atoms with E-state index >= 15 is 0 Å². The summed E-state index contributed by atoms with van der Waals surface area (Å²) in [5.41, 5.74) is 7.50. The summed E-state index contributed by atoms with van der Waals surface area (Å²) in [6.07, 6.45) is 0.730. The summed E-state index contributed by atoms with van der Waals surface area (Å²) in [6, 6.07) is 25.9. The van der Waals surface area contributed by atoms with Crippen molar-refractivity contribution in [3.05, 3.63) is 114 Å². The standard InChI is InChI=1S/C25H22FN5O4.C7H7NO/c1-25(23(32)33)13-34-22(35-14-25)21-30-19(15-7-9-16(26)10-8-15)20(31-21)18-11-12-27-24(29-18)28-17-5-3-2-4-6-17;8-7(9)6-4-2-1-3-5-6/h2-12,22H,13-14H2,1H3,(H,30,31)(H,32,33)(H,27,28,29);1-5H,(H2,8,9). The number of carboxylic acids is 1. The van der Waals surface area contributed by atoms with Crippen LogP contribution in [-0.4, -0.2) is 50.1 Å². The van der Waals surface area contributed by atoms with Crippen molar-refractivity contribution < 1.29 is 28.6 Å². The molecule has 0 atom stereocenters. The lowest BCUT2D eigenvalue weighted by Crippen LogP contribution is -2.42. The Bertz CT molecular complexity index is 1720. The molecule has 1 amide bonds. The molecule has 1 saturated heterocycles. The first-order valence-electron chi connectivity index (χ1n) is 13.5. The van der Waals surface area contributed by atoms with E-state index in [-0.39, 0.29) is 24.9 Å². The van der Waals surface area contributed by atoms with E-state index in [1.807, 2.05) is 36.4 Å². The summed E-state index contributed by atoms with van der Waals surface area (Å²) in [4.78, 5) is 38.7. The van der Waals surface area contributed by atoms with Gasteiger partial charge in [0, 0.05) is 23.0 Å². The molecule has 0 aliphatic carbocycles. The maximum Gasteiger partial charge on any atom is 0.314 e. The molecule has 0 saturated carbocycles. The number of primary amides is 1. The number of para-hydroxylation sites is 1. The highest BCUT2D eigenvalue weighted by atomic mass is 19.1. The van der Waals surface area contributed by atoms with Crippen LogP contribution in [-0.2, 0) is 14.3 Å². The van der Waals surface area contributed by atoms with Gasteiger partial charge in [0.1, 0.15) is 11.2 Å². The van der Waals surface area contributed by atoms with E-state index in [1.165, 1.54) is 12.1 Å². The van der Waals surface area contributed by atoms with Gasteiger partial charge in [0.15, 0.2) is 5.82 Å². The predicted octanol–water partition coefficient (Wildman–Crippen LogP) is 5.34. The summed E-state index contributed by atoms with van der Waals surface area (Å²) in [7, 11) is 0. The van der Waals surface area contributed by atoms with Gasteiger partial charge in [0.25, 0.3) is 0 Å². The van der Waals surface area contributed by atoms with E-state index in [0.717, 1.165) is 5.69 Å². The zero-order chi connectivity index (χ0) is 31.1. The molecule has 11 nitrogen and oxygen atoms in total. The number of nitrogens with one attached hydrogen (secondary N) is 2. The second-order valence-corrected chi connectivity index (χ2v) is 10.2. The first-order valence-corrected chi connectivity index (χ1v) is 13.5. The second kappa shape index (κ2) is 13.2. The van der Waals surface area contributed by atoms with E-state index < -0.39 is 17.7 Å². The zero-order valence-electron chi connectivity index (χ0n) is 23.6.